The Labute approximate surface area is 176 Å². The third-order valence-electron chi connectivity index (χ3n) is 5.05. The maximum Gasteiger partial charge on any atom is 0.269 e. The van der Waals surface area contributed by atoms with Crippen molar-refractivity contribution in [2.45, 2.75) is 19.6 Å². The number of nitrogens with one attached hydrogen (secondary N) is 2. The highest BCUT2D eigenvalue weighted by atomic mass is 19.1. The number of pyridine rings is 1. The van der Waals surface area contributed by atoms with E-state index in [1.54, 1.807) is 25.1 Å². The summed E-state index contributed by atoms with van der Waals surface area (Å²) in [6.07, 6.45) is 1.07. The predicted molar refractivity (Wildman–Crippen MR) is 107 cm³/mol. The summed E-state index contributed by atoms with van der Waals surface area (Å²) in [4.78, 5) is 32.7. The normalized spacial score (nSPS) is 18.5. The number of benzene rings is 1. The van der Waals surface area contributed by atoms with Crippen LogP contribution in [0.15, 0.2) is 30.3 Å². The molecule has 1 unspecified atom stereocenters. The first-order chi connectivity index (χ1) is 14.9. The van der Waals surface area contributed by atoms with E-state index >= 15 is 0 Å². The first-order valence-corrected chi connectivity index (χ1v) is 9.62. The van der Waals surface area contributed by atoms with E-state index in [0.717, 1.165) is 0 Å². The van der Waals surface area contributed by atoms with E-state index in [1.807, 2.05) is 0 Å². The number of carbonyl (C=O) groups is 2. The molecule has 3 heterocycles. The van der Waals surface area contributed by atoms with Gasteiger partial charge in [0.15, 0.2) is 11.9 Å². The van der Waals surface area contributed by atoms with Crippen LogP contribution in [0.1, 0.15) is 28.5 Å². The molecule has 2 aliphatic heterocycles. The van der Waals surface area contributed by atoms with Crippen molar-refractivity contribution >= 4 is 23.1 Å². The van der Waals surface area contributed by atoms with Crippen LogP contribution < -0.4 is 15.4 Å². The summed E-state index contributed by atoms with van der Waals surface area (Å²) in [6.45, 7) is 2.04. The van der Waals surface area contributed by atoms with Crippen molar-refractivity contribution in [3.05, 3.63) is 58.9 Å². The van der Waals surface area contributed by atoms with Crippen molar-refractivity contribution in [1.82, 2.24) is 15.4 Å². The molecule has 0 saturated carbocycles. The van der Waals surface area contributed by atoms with Gasteiger partial charge in [-0.25, -0.2) is 9.37 Å². The van der Waals surface area contributed by atoms with Crippen LogP contribution in [0.3, 0.4) is 0 Å². The Morgan fingerprint density at radius 2 is 2.13 bits per heavy atom. The molecule has 2 N–H and O–H groups in total. The topological polar surface area (TPSA) is 92.8 Å². The lowest BCUT2D eigenvalue weighted by molar-refractivity contribution is -0.151. The van der Waals surface area contributed by atoms with Crippen molar-refractivity contribution in [2.75, 3.05) is 25.5 Å². The maximum absolute atomic E-state index is 14.9. The maximum atomic E-state index is 14.9. The molecule has 2 aromatic rings. The molecule has 1 aromatic carbocycles. The molecule has 0 aliphatic carbocycles. The number of nitrogens with zero attached hydrogens (tertiary/aromatic N) is 2. The molecule has 2 amide bonds. The molecular weight excluding hydrogens is 410 g/mol. The second-order valence-electron chi connectivity index (χ2n) is 7.10. The van der Waals surface area contributed by atoms with E-state index in [4.69, 9.17) is 9.57 Å². The molecule has 10 heteroatoms. The zero-order valence-electron chi connectivity index (χ0n) is 16.9. The number of hydroxylamine groups is 2. The van der Waals surface area contributed by atoms with Gasteiger partial charge in [-0.05, 0) is 30.7 Å². The zero-order chi connectivity index (χ0) is 22.1. The van der Waals surface area contributed by atoms with Crippen LogP contribution in [-0.2, 0) is 16.2 Å². The van der Waals surface area contributed by atoms with Crippen LogP contribution in [-0.4, -0.2) is 48.2 Å². The molecule has 4 rings (SSSR count). The highest BCUT2D eigenvalue weighted by Crippen LogP contribution is 2.34. The predicted octanol–water partition coefficient (Wildman–Crippen LogP) is 2.27. The molecule has 8 nitrogen and oxygen atoms in total. The molecule has 0 fully saturated rings. The van der Waals surface area contributed by atoms with Crippen LogP contribution in [0.4, 0.5) is 14.5 Å². The van der Waals surface area contributed by atoms with Crippen molar-refractivity contribution in [2.24, 2.45) is 0 Å². The van der Waals surface area contributed by atoms with E-state index in [0.29, 0.717) is 11.1 Å². The Morgan fingerprint density at radius 1 is 1.32 bits per heavy atom. The Balaban J connectivity index is 1.47. The van der Waals surface area contributed by atoms with Crippen LogP contribution in [0.2, 0.25) is 0 Å². The number of hydrogen-bond donors (Lipinski definition) is 2. The van der Waals surface area contributed by atoms with Gasteiger partial charge in [0.1, 0.15) is 17.1 Å². The number of anilines is 1. The van der Waals surface area contributed by atoms with Gasteiger partial charge in [-0.2, -0.15) is 9.45 Å². The number of fused-ring (bicyclic) bond motifs is 1. The minimum absolute atomic E-state index is 0.0122. The lowest BCUT2D eigenvalue weighted by Crippen LogP contribution is -2.35. The molecule has 0 radical (unpaired) electrons. The number of halogens is 2. The molecule has 162 valence electrons. The second kappa shape index (κ2) is 8.40. The molecule has 0 saturated heterocycles. The number of ether oxygens (including phenoxy) is 1. The first kappa shape index (κ1) is 20.9. The quantitative estimate of drug-likeness (QED) is 0.723. The third kappa shape index (κ3) is 4.12. The SMILES string of the molecule is CNC(=O)c1ccc(C2=CCN(Cc3ccc4c(c3F)NC(=O)C(C)O4)OC2)c(F)n1. The summed E-state index contributed by atoms with van der Waals surface area (Å²) >= 11 is 0. The monoisotopic (exact) mass is 430 g/mol. The fourth-order valence-electron chi connectivity index (χ4n) is 3.31. The lowest BCUT2D eigenvalue weighted by Gasteiger charge is -2.28. The van der Waals surface area contributed by atoms with Gasteiger partial charge in [0.25, 0.3) is 11.8 Å². The average Bonchev–Trinajstić information content (AvgIpc) is 2.77. The largest absolute Gasteiger partial charge is 0.479 e. The summed E-state index contributed by atoms with van der Waals surface area (Å²) in [5.41, 5.74) is 1.12. The lowest BCUT2D eigenvalue weighted by atomic mass is 10.1. The van der Waals surface area contributed by atoms with E-state index in [-0.39, 0.29) is 42.4 Å². The van der Waals surface area contributed by atoms with Crippen molar-refractivity contribution in [1.29, 1.82) is 0 Å². The molecule has 1 atom stereocenters. The summed E-state index contributed by atoms with van der Waals surface area (Å²) in [7, 11) is 1.44. The van der Waals surface area contributed by atoms with Gasteiger partial charge >= 0.3 is 0 Å². The number of aromatic nitrogens is 1. The van der Waals surface area contributed by atoms with Gasteiger partial charge in [0.05, 0.1) is 13.2 Å². The number of carbonyl (C=O) groups excluding carboxylic acids is 2. The van der Waals surface area contributed by atoms with Crippen LogP contribution in [0.25, 0.3) is 5.57 Å². The Bertz CT molecular complexity index is 1090. The molecule has 0 spiro atoms. The average molecular weight is 430 g/mol. The van der Waals surface area contributed by atoms with Gasteiger partial charge in [-0.15, -0.1) is 0 Å². The van der Waals surface area contributed by atoms with E-state index in [2.05, 4.69) is 15.6 Å². The van der Waals surface area contributed by atoms with Crippen molar-refractivity contribution in [3.63, 3.8) is 0 Å². The second-order valence-corrected chi connectivity index (χ2v) is 7.10. The van der Waals surface area contributed by atoms with E-state index in [9.17, 15) is 18.4 Å². The number of hydrogen-bond acceptors (Lipinski definition) is 6. The van der Waals surface area contributed by atoms with Crippen molar-refractivity contribution in [3.8, 4) is 5.75 Å². The highest BCUT2D eigenvalue weighted by molar-refractivity contribution is 5.97. The summed E-state index contributed by atoms with van der Waals surface area (Å²) in [5.74, 6) is -1.97. The fourth-order valence-corrected chi connectivity index (χ4v) is 3.31. The van der Waals surface area contributed by atoms with Gasteiger partial charge in [0, 0.05) is 24.7 Å². The minimum Gasteiger partial charge on any atom is -0.479 e. The Hall–Kier alpha value is -3.37. The van der Waals surface area contributed by atoms with Crippen LogP contribution >= 0.6 is 0 Å². The van der Waals surface area contributed by atoms with Gasteiger partial charge < -0.3 is 15.4 Å². The van der Waals surface area contributed by atoms with Gasteiger partial charge in [-0.1, -0.05) is 12.1 Å². The van der Waals surface area contributed by atoms with Crippen molar-refractivity contribution < 1.29 is 27.9 Å². The molecule has 0 bridgehead atoms. The number of amides is 2. The molecular formula is C21H20F2N4O4. The Kier molecular flexibility index (Phi) is 5.66. The minimum atomic E-state index is -0.768. The standard InChI is InChI=1S/C21H20F2N4O4/c1-11-20(28)26-18-16(31-11)6-3-12(17(18)22)9-27-8-7-13(10-30-27)14-4-5-15(21(29)24-2)25-19(14)23/h3-7,11H,8-10H2,1-2H3,(H,24,29)(H,26,28). The summed E-state index contributed by atoms with van der Waals surface area (Å²) in [5, 5.41) is 6.43. The first-order valence-electron chi connectivity index (χ1n) is 9.62. The van der Waals surface area contributed by atoms with Gasteiger partial charge in [0.2, 0.25) is 5.95 Å². The van der Waals surface area contributed by atoms with E-state index < -0.39 is 29.7 Å². The summed E-state index contributed by atoms with van der Waals surface area (Å²) < 4.78 is 34.6. The Morgan fingerprint density at radius 3 is 2.81 bits per heavy atom. The molecule has 31 heavy (non-hydrogen) atoms. The fraction of sp³-hybridized carbons (Fsp3) is 0.286. The molecule has 2 aliphatic rings. The molecule has 1 aromatic heterocycles. The summed E-state index contributed by atoms with van der Waals surface area (Å²) in [6, 6.07) is 6.08. The highest BCUT2D eigenvalue weighted by Gasteiger charge is 2.28. The van der Waals surface area contributed by atoms with Crippen LogP contribution in [0.5, 0.6) is 5.75 Å². The van der Waals surface area contributed by atoms with Gasteiger partial charge in [-0.3, -0.25) is 14.4 Å². The third-order valence-corrected chi connectivity index (χ3v) is 5.05. The smallest absolute Gasteiger partial charge is 0.269 e. The zero-order valence-corrected chi connectivity index (χ0v) is 16.9. The van der Waals surface area contributed by atoms with Crippen LogP contribution in [0, 0.1) is 11.8 Å². The number of rotatable bonds is 4. The van der Waals surface area contributed by atoms with E-state index in [1.165, 1.54) is 24.2 Å².